The highest BCUT2D eigenvalue weighted by atomic mass is 32.2. The Labute approximate surface area is 105 Å². The van der Waals surface area contributed by atoms with Crippen LogP contribution in [0.5, 0.6) is 0 Å². The molecule has 0 spiro atoms. The van der Waals surface area contributed by atoms with Crippen molar-refractivity contribution in [2.24, 2.45) is 0 Å². The van der Waals surface area contributed by atoms with E-state index in [4.69, 9.17) is 9.84 Å². The Balaban J connectivity index is 2.93. The zero-order chi connectivity index (χ0) is 13.1. The minimum atomic E-state index is -3.58. The molecule has 0 aliphatic carbocycles. The first-order chi connectivity index (χ1) is 7.92. The van der Waals surface area contributed by atoms with Gasteiger partial charge in [0.15, 0.2) is 0 Å². The number of hydrogen-bond acceptors (Lipinski definition) is 5. The molecular formula is C10H17NO4S2. The van der Waals surface area contributed by atoms with Crippen LogP contribution in [0.25, 0.3) is 0 Å². The number of thiophene rings is 1. The number of methoxy groups -OCH3 is 1. The molecule has 1 aromatic rings. The Morgan fingerprint density at radius 2 is 2.24 bits per heavy atom. The van der Waals surface area contributed by atoms with E-state index in [9.17, 15) is 8.42 Å². The normalized spacial score (nSPS) is 13.9. The van der Waals surface area contributed by atoms with Gasteiger partial charge in [-0.3, -0.25) is 0 Å². The van der Waals surface area contributed by atoms with Gasteiger partial charge in [-0.1, -0.05) is 0 Å². The van der Waals surface area contributed by atoms with Crippen molar-refractivity contribution in [2.75, 3.05) is 13.7 Å². The van der Waals surface area contributed by atoms with Crippen LogP contribution in [0.15, 0.2) is 10.3 Å². The van der Waals surface area contributed by atoms with E-state index in [-0.39, 0.29) is 24.2 Å². The second-order valence-electron chi connectivity index (χ2n) is 3.73. The second-order valence-corrected chi connectivity index (χ2v) is 6.40. The highest BCUT2D eigenvalue weighted by molar-refractivity contribution is 7.89. The number of aliphatic hydroxyl groups is 1. The van der Waals surface area contributed by atoms with Gasteiger partial charge in [-0.2, -0.15) is 0 Å². The third kappa shape index (κ3) is 3.49. The molecule has 1 aromatic heterocycles. The van der Waals surface area contributed by atoms with Gasteiger partial charge in [0.05, 0.1) is 17.6 Å². The van der Waals surface area contributed by atoms with Crippen LogP contribution >= 0.6 is 11.3 Å². The maximum atomic E-state index is 12.0. The predicted octanol–water partition coefficient (Wildman–Crippen LogP) is 0.862. The van der Waals surface area contributed by atoms with Gasteiger partial charge < -0.3 is 9.84 Å². The van der Waals surface area contributed by atoms with Crippen molar-refractivity contribution in [1.29, 1.82) is 0 Å². The van der Waals surface area contributed by atoms with Gasteiger partial charge in [-0.15, -0.1) is 11.3 Å². The molecule has 1 heterocycles. The van der Waals surface area contributed by atoms with Crippen LogP contribution in [0.4, 0.5) is 0 Å². The van der Waals surface area contributed by atoms with Crippen molar-refractivity contribution in [3.05, 3.63) is 15.8 Å². The summed E-state index contributed by atoms with van der Waals surface area (Å²) in [5.41, 5.74) is 0.650. The van der Waals surface area contributed by atoms with Crippen LogP contribution in [0.3, 0.4) is 0 Å². The molecule has 0 bridgehead atoms. The zero-order valence-corrected chi connectivity index (χ0v) is 11.7. The van der Waals surface area contributed by atoms with Crippen LogP contribution in [-0.4, -0.2) is 33.3 Å². The topological polar surface area (TPSA) is 75.6 Å². The van der Waals surface area contributed by atoms with E-state index in [1.165, 1.54) is 18.4 Å². The monoisotopic (exact) mass is 279 g/mol. The molecule has 0 amide bonds. The molecule has 0 saturated carbocycles. The SMILES string of the molecule is COC(C)CNS(=O)(=O)c1c(C)csc1CO. The highest BCUT2D eigenvalue weighted by Gasteiger charge is 2.22. The van der Waals surface area contributed by atoms with Gasteiger partial charge in [0.1, 0.15) is 4.90 Å². The zero-order valence-electron chi connectivity index (χ0n) is 10.1. The predicted molar refractivity (Wildman–Crippen MR) is 66.6 cm³/mol. The smallest absolute Gasteiger partial charge is 0.242 e. The second kappa shape index (κ2) is 5.92. The minimum Gasteiger partial charge on any atom is -0.391 e. The fourth-order valence-electron chi connectivity index (χ4n) is 1.34. The summed E-state index contributed by atoms with van der Waals surface area (Å²) >= 11 is 1.24. The fraction of sp³-hybridized carbons (Fsp3) is 0.600. The first-order valence-corrected chi connectivity index (χ1v) is 7.49. The van der Waals surface area contributed by atoms with E-state index in [0.717, 1.165) is 0 Å². The minimum absolute atomic E-state index is 0.188. The van der Waals surface area contributed by atoms with Crippen molar-refractivity contribution >= 4 is 21.4 Å². The van der Waals surface area contributed by atoms with Crippen molar-refractivity contribution in [2.45, 2.75) is 31.5 Å². The van der Waals surface area contributed by atoms with Crippen LogP contribution in [0.1, 0.15) is 17.4 Å². The fourth-order valence-corrected chi connectivity index (χ4v) is 4.11. The number of nitrogens with one attached hydrogen (secondary N) is 1. The van der Waals surface area contributed by atoms with E-state index in [2.05, 4.69) is 4.72 Å². The van der Waals surface area contributed by atoms with Gasteiger partial charge in [-0.05, 0) is 24.8 Å². The molecule has 1 rings (SSSR count). The lowest BCUT2D eigenvalue weighted by molar-refractivity contribution is 0.122. The number of rotatable bonds is 6. The largest absolute Gasteiger partial charge is 0.391 e. The lowest BCUT2D eigenvalue weighted by atomic mass is 10.3. The summed E-state index contributed by atoms with van der Waals surface area (Å²) in [5, 5.41) is 10.8. The van der Waals surface area contributed by atoms with Gasteiger partial charge in [0, 0.05) is 13.7 Å². The lowest BCUT2D eigenvalue weighted by Crippen LogP contribution is -2.32. The molecule has 2 N–H and O–H groups in total. The summed E-state index contributed by atoms with van der Waals surface area (Å²) < 4.78 is 31.5. The average molecular weight is 279 g/mol. The summed E-state index contributed by atoms with van der Waals surface area (Å²) in [6.45, 7) is 3.42. The maximum Gasteiger partial charge on any atom is 0.242 e. The van der Waals surface area contributed by atoms with E-state index in [0.29, 0.717) is 10.4 Å². The average Bonchev–Trinajstić information content (AvgIpc) is 2.68. The van der Waals surface area contributed by atoms with Crippen molar-refractivity contribution in [1.82, 2.24) is 4.72 Å². The third-order valence-corrected chi connectivity index (χ3v) is 5.24. The van der Waals surface area contributed by atoms with Gasteiger partial charge >= 0.3 is 0 Å². The third-order valence-electron chi connectivity index (χ3n) is 2.36. The lowest BCUT2D eigenvalue weighted by Gasteiger charge is -2.12. The number of hydrogen-bond donors (Lipinski definition) is 2. The van der Waals surface area contributed by atoms with E-state index >= 15 is 0 Å². The Kier molecular flexibility index (Phi) is 5.08. The Bertz CT molecular complexity index is 467. The molecule has 7 heteroatoms. The summed E-state index contributed by atoms with van der Waals surface area (Å²) in [4.78, 5) is 0.647. The number of ether oxygens (including phenoxy) is 1. The number of aryl methyl sites for hydroxylation is 1. The number of aliphatic hydroxyl groups excluding tert-OH is 1. The van der Waals surface area contributed by atoms with Crippen molar-refractivity contribution in [3.63, 3.8) is 0 Å². The molecule has 0 radical (unpaired) electrons. The molecule has 98 valence electrons. The molecule has 17 heavy (non-hydrogen) atoms. The molecule has 0 aliphatic rings. The van der Waals surface area contributed by atoms with E-state index in [1.54, 1.807) is 19.2 Å². The summed E-state index contributed by atoms with van der Waals surface area (Å²) in [5.74, 6) is 0. The van der Waals surface area contributed by atoms with Crippen LogP contribution < -0.4 is 4.72 Å². The summed E-state index contributed by atoms with van der Waals surface area (Å²) in [6.07, 6.45) is -0.193. The summed E-state index contributed by atoms with van der Waals surface area (Å²) in [7, 11) is -2.05. The van der Waals surface area contributed by atoms with E-state index in [1.807, 2.05) is 0 Å². The first-order valence-electron chi connectivity index (χ1n) is 5.12. The van der Waals surface area contributed by atoms with Crippen LogP contribution in [-0.2, 0) is 21.4 Å². The molecule has 0 saturated heterocycles. The molecule has 5 nitrogen and oxygen atoms in total. The Morgan fingerprint density at radius 3 is 2.76 bits per heavy atom. The Morgan fingerprint density at radius 1 is 1.59 bits per heavy atom. The molecule has 0 fully saturated rings. The number of sulfonamides is 1. The first kappa shape index (κ1) is 14.6. The summed E-state index contributed by atoms with van der Waals surface area (Å²) in [6, 6.07) is 0. The Hall–Kier alpha value is -0.470. The van der Waals surface area contributed by atoms with Crippen LogP contribution in [0, 0.1) is 6.92 Å². The molecule has 1 unspecified atom stereocenters. The molecule has 0 aliphatic heterocycles. The van der Waals surface area contributed by atoms with Crippen LogP contribution in [0.2, 0.25) is 0 Å². The van der Waals surface area contributed by atoms with Gasteiger partial charge in [0.25, 0.3) is 0 Å². The highest BCUT2D eigenvalue weighted by Crippen LogP contribution is 2.26. The quantitative estimate of drug-likeness (QED) is 0.810. The maximum absolute atomic E-state index is 12.0. The molecule has 0 aromatic carbocycles. The van der Waals surface area contributed by atoms with Crippen molar-refractivity contribution < 1.29 is 18.3 Å². The van der Waals surface area contributed by atoms with Crippen molar-refractivity contribution in [3.8, 4) is 0 Å². The van der Waals surface area contributed by atoms with Gasteiger partial charge in [0.2, 0.25) is 10.0 Å². The van der Waals surface area contributed by atoms with E-state index < -0.39 is 10.0 Å². The molecule has 1 atom stereocenters. The van der Waals surface area contributed by atoms with Gasteiger partial charge in [-0.25, -0.2) is 13.1 Å². The molecular weight excluding hydrogens is 262 g/mol. The standard InChI is InChI=1S/C10H17NO4S2/c1-7-6-16-9(5-12)10(7)17(13,14)11-4-8(2)15-3/h6,8,11-12H,4-5H2,1-3H3.